The van der Waals surface area contributed by atoms with Crippen molar-refractivity contribution >= 4 is 29.4 Å². The topological polar surface area (TPSA) is 125 Å². The van der Waals surface area contributed by atoms with Crippen LogP contribution in [0, 0.1) is 25.7 Å². The number of hydrogen-bond acceptors (Lipinski definition) is 7. The lowest BCUT2D eigenvalue weighted by Gasteiger charge is -2.37. The molecule has 3 amide bonds. The number of carbonyl (C=O) groups excluding carboxylic acids is 4. The fraction of sp³-hybridized carbons (Fsp3) is 0.512. The first kappa shape index (κ1) is 38.0. The lowest BCUT2D eigenvalue weighted by atomic mass is 9.70. The molecule has 51 heavy (non-hydrogen) atoms. The minimum absolute atomic E-state index is 0.0986. The molecule has 10 nitrogen and oxygen atoms in total. The van der Waals surface area contributed by atoms with Crippen molar-refractivity contribution in [3.05, 3.63) is 90.5 Å². The van der Waals surface area contributed by atoms with Crippen molar-refractivity contribution in [1.82, 2.24) is 10.2 Å². The number of aryl methyl sites for hydroxylation is 2. The van der Waals surface area contributed by atoms with E-state index >= 15 is 0 Å². The van der Waals surface area contributed by atoms with Crippen LogP contribution in [0.25, 0.3) is 0 Å². The summed E-state index contributed by atoms with van der Waals surface area (Å²) < 4.78 is 13.0. The van der Waals surface area contributed by atoms with Crippen LogP contribution in [0.2, 0.25) is 0 Å². The zero-order valence-corrected chi connectivity index (χ0v) is 30.2. The molecule has 0 saturated carbocycles. The van der Waals surface area contributed by atoms with Crippen molar-refractivity contribution in [2.45, 2.75) is 102 Å². The molecule has 2 aromatic carbocycles. The van der Waals surface area contributed by atoms with E-state index in [0.29, 0.717) is 44.2 Å². The number of likely N-dealkylation sites (tertiary alicyclic amines) is 1. The monoisotopic (exact) mass is 699 g/mol. The summed E-state index contributed by atoms with van der Waals surface area (Å²) in [5.41, 5.74) is 2.14. The van der Waals surface area contributed by atoms with Gasteiger partial charge in [-0.25, -0.2) is 0 Å². The molecular weight excluding hydrogens is 646 g/mol. The molecule has 5 rings (SSSR count). The number of fused-ring (bicyclic) bond motifs is 1. The molecular formula is C41H53N3O7. The Hall–Kier alpha value is -4.28. The molecule has 2 N–H and O–H groups in total. The molecule has 3 heterocycles. The number of aliphatic hydroxyl groups excluding tert-OH is 1. The number of para-hydroxylation sites is 1. The van der Waals surface area contributed by atoms with Gasteiger partial charge in [0.15, 0.2) is 0 Å². The van der Waals surface area contributed by atoms with Gasteiger partial charge in [0.05, 0.1) is 24.0 Å². The summed E-state index contributed by atoms with van der Waals surface area (Å²) in [6.07, 6.45) is 6.59. The smallest absolute Gasteiger partial charge is 0.313 e. The number of esters is 1. The molecule has 274 valence electrons. The predicted octanol–water partition coefficient (Wildman–Crippen LogP) is 5.51. The Kier molecular flexibility index (Phi) is 12.5. The van der Waals surface area contributed by atoms with Gasteiger partial charge < -0.3 is 29.7 Å². The zero-order chi connectivity index (χ0) is 36.7. The molecule has 7 atom stereocenters. The van der Waals surface area contributed by atoms with Crippen molar-refractivity contribution in [3.8, 4) is 0 Å². The van der Waals surface area contributed by atoms with Crippen LogP contribution in [0.5, 0.6) is 0 Å². The normalized spacial score (nSPS) is 24.5. The maximum absolute atomic E-state index is 15.0. The van der Waals surface area contributed by atoms with E-state index in [2.05, 4.69) is 18.5 Å². The van der Waals surface area contributed by atoms with Gasteiger partial charge in [-0.1, -0.05) is 73.5 Å². The van der Waals surface area contributed by atoms with Crippen LogP contribution in [0.1, 0.15) is 81.1 Å². The summed E-state index contributed by atoms with van der Waals surface area (Å²) in [6, 6.07) is 13.6. The highest BCUT2D eigenvalue weighted by Gasteiger charge is 2.75. The quantitative estimate of drug-likeness (QED) is 0.120. The highest BCUT2D eigenvalue weighted by atomic mass is 16.6. The Morgan fingerprint density at radius 3 is 2.43 bits per heavy atom. The van der Waals surface area contributed by atoms with Gasteiger partial charge in [0, 0.05) is 31.8 Å². The van der Waals surface area contributed by atoms with Gasteiger partial charge in [-0.2, -0.15) is 0 Å². The number of rotatable bonds is 18. The molecule has 1 spiro atoms. The highest BCUT2D eigenvalue weighted by Crippen LogP contribution is 2.59. The first-order valence-corrected chi connectivity index (χ1v) is 18.3. The van der Waals surface area contributed by atoms with E-state index in [1.807, 2.05) is 62.4 Å². The Labute approximate surface area is 301 Å². The summed E-state index contributed by atoms with van der Waals surface area (Å²) in [4.78, 5) is 60.1. The second kappa shape index (κ2) is 16.8. The van der Waals surface area contributed by atoms with Gasteiger partial charge >= 0.3 is 5.97 Å². The average Bonchev–Trinajstić information content (AvgIpc) is 3.76. The number of amides is 3. The summed E-state index contributed by atoms with van der Waals surface area (Å²) in [5, 5.41) is 12.3. The number of unbranched alkanes of at least 4 members (excludes halogenated alkanes) is 3. The minimum Gasteiger partial charge on any atom is -0.455 e. The predicted molar refractivity (Wildman–Crippen MR) is 196 cm³/mol. The summed E-state index contributed by atoms with van der Waals surface area (Å²) >= 11 is 0. The van der Waals surface area contributed by atoms with Crippen LogP contribution in [0.3, 0.4) is 0 Å². The van der Waals surface area contributed by atoms with E-state index in [4.69, 9.17) is 9.47 Å². The summed E-state index contributed by atoms with van der Waals surface area (Å²) in [5.74, 6) is -3.10. The fourth-order valence-electron chi connectivity index (χ4n) is 8.43. The van der Waals surface area contributed by atoms with Gasteiger partial charge in [-0.3, -0.25) is 19.2 Å². The molecule has 2 bridgehead atoms. The molecule has 10 heteroatoms. The molecule has 3 aliphatic rings. The van der Waals surface area contributed by atoms with Crippen molar-refractivity contribution in [3.63, 3.8) is 0 Å². The molecule has 0 unspecified atom stereocenters. The third kappa shape index (κ3) is 7.67. The Morgan fingerprint density at radius 1 is 1.06 bits per heavy atom. The standard InChI is InChI=1S/C41H53N3O7/c1-6-8-21-32(46)42-29(5)36(30-19-12-11-13-20-30)50-40(49)33-31-22-23-41(51-31)34(33)38(47)44(25-14-9-10-15-26-45)37(41)39(48)43(24-7-2)35-27(3)17-16-18-28(35)4/h6-7,11-13,16-20,29,31,33-34,36-37,45H,1-2,8-10,14-15,21-26H2,3-5H3,(H,42,46)/t29-,31+,33-,34-,36-,37+,41-/m0/s1. The van der Waals surface area contributed by atoms with Crippen molar-refractivity contribution in [1.29, 1.82) is 0 Å². The van der Waals surface area contributed by atoms with E-state index in [1.165, 1.54) is 0 Å². The number of carbonyl (C=O) groups is 4. The van der Waals surface area contributed by atoms with E-state index in [1.54, 1.807) is 28.9 Å². The Balaban J connectivity index is 1.48. The molecule has 0 aromatic heterocycles. The van der Waals surface area contributed by atoms with Crippen LogP contribution in [0.15, 0.2) is 73.8 Å². The maximum Gasteiger partial charge on any atom is 0.313 e. The summed E-state index contributed by atoms with van der Waals surface area (Å²) in [6.45, 7) is 14.0. The first-order valence-electron chi connectivity index (χ1n) is 18.3. The molecule has 2 aromatic rings. The number of anilines is 1. The van der Waals surface area contributed by atoms with Crippen LogP contribution >= 0.6 is 0 Å². The number of aliphatic hydroxyl groups is 1. The molecule has 3 aliphatic heterocycles. The van der Waals surface area contributed by atoms with Gasteiger partial charge in [0.25, 0.3) is 5.91 Å². The number of hydrogen-bond donors (Lipinski definition) is 2. The van der Waals surface area contributed by atoms with Crippen LogP contribution in [-0.4, -0.2) is 77.2 Å². The lowest BCUT2D eigenvalue weighted by Crippen LogP contribution is -2.56. The van der Waals surface area contributed by atoms with Gasteiger partial charge in [-0.05, 0) is 69.6 Å². The minimum atomic E-state index is -1.20. The first-order chi connectivity index (χ1) is 24.6. The largest absolute Gasteiger partial charge is 0.455 e. The average molecular weight is 700 g/mol. The van der Waals surface area contributed by atoms with E-state index in [9.17, 15) is 24.3 Å². The van der Waals surface area contributed by atoms with Crippen LogP contribution < -0.4 is 10.2 Å². The highest BCUT2D eigenvalue weighted by molar-refractivity contribution is 6.05. The van der Waals surface area contributed by atoms with Crippen LogP contribution in [0.4, 0.5) is 5.69 Å². The SMILES string of the molecule is C=CCCC(=O)N[C@@H](C)[C@H](OC(=O)[C@@H]1[C@H]2C(=O)N(CCCCCCO)[C@H](C(=O)N(CC=C)c3c(C)cccc3C)[C@]23CC[C@H]1O3)c1ccccc1. The van der Waals surface area contributed by atoms with Crippen molar-refractivity contribution < 1.29 is 33.8 Å². The molecule has 0 radical (unpaired) electrons. The number of allylic oxidation sites excluding steroid dienone is 1. The number of ether oxygens (including phenoxy) is 2. The van der Waals surface area contributed by atoms with E-state index in [-0.39, 0.29) is 37.3 Å². The van der Waals surface area contributed by atoms with E-state index in [0.717, 1.165) is 29.7 Å². The van der Waals surface area contributed by atoms with E-state index < -0.39 is 47.7 Å². The van der Waals surface area contributed by atoms with Gasteiger partial charge in [0.2, 0.25) is 11.8 Å². The number of benzene rings is 2. The number of nitrogens with zero attached hydrogens (tertiary/aromatic N) is 2. The Bertz CT molecular complexity index is 1570. The van der Waals surface area contributed by atoms with Crippen molar-refractivity contribution in [2.24, 2.45) is 11.8 Å². The maximum atomic E-state index is 15.0. The fourth-order valence-corrected chi connectivity index (χ4v) is 8.43. The zero-order valence-electron chi connectivity index (χ0n) is 30.2. The molecule has 3 saturated heterocycles. The third-order valence-electron chi connectivity index (χ3n) is 10.7. The molecule has 3 fully saturated rings. The van der Waals surface area contributed by atoms with Crippen molar-refractivity contribution in [2.75, 3.05) is 24.6 Å². The van der Waals surface area contributed by atoms with Gasteiger partial charge in [-0.15, -0.1) is 13.2 Å². The lowest BCUT2D eigenvalue weighted by molar-refractivity contribution is -0.162. The molecule has 0 aliphatic carbocycles. The van der Waals surface area contributed by atoms with Gasteiger partial charge in [0.1, 0.15) is 17.7 Å². The second-order valence-corrected chi connectivity index (χ2v) is 14.2. The second-order valence-electron chi connectivity index (χ2n) is 14.2. The van der Waals surface area contributed by atoms with Crippen LogP contribution in [-0.2, 0) is 28.7 Å². The number of nitrogens with one attached hydrogen (secondary N) is 1. The summed E-state index contributed by atoms with van der Waals surface area (Å²) in [7, 11) is 0. The Morgan fingerprint density at radius 2 is 1.76 bits per heavy atom. The third-order valence-corrected chi connectivity index (χ3v) is 10.7.